The highest BCUT2D eigenvalue weighted by Crippen LogP contribution is 2.36. The highest BCUT2D eigenvalue weighted by Gasteiger charge is 2.24. The van der Waals surface area contributed by atoms with Crippen molar-refractivity contribution in [1.82, 2.24) is 10.2 Å². The molecule has 0 bridgehead atoms. The molecule has 0 amide bonds. The van der Waals surface area contributed by atoms with E-state index in [4.69, 9.17) is 17.3 Å². The molecule has 2 heterocycles. The molecular weight excluding hydrogens is 411 g/mol. The lowest BCUT2D eigenvalue weighted by Crippen LogP contribution is -2.28. The minimum atomic E-state index is -0.306. The highest BCUT2D eigenvalue weighted by atomic mass is 35.5. The van der Waals surface area contributed by atoms with E-state index in [-0.39, 0.29) is 11.9 Å². The first-order chi connectivity index (χ1) is 15.0. The summed E-state index contributed by atoms with van der Waals surface area (Å²) in [6, 6.07) is 11.1. The van der Waals surface area contributed by atoms with Crippen LogP contribution in [0.1, 0.15) is 49.4 Å². The van der Waals surface area contributed by atoms with Crippen LogP contribution in [0.2, 0.25) is 5.02 Å². The highest BCUT2D eigenvalue weighted by molar-refractivity contribution is 6.30. The van der Waals surface area contributed by atoms with Crippen molar-refractivity contribution in [3.8, 4) is 0 Å². The average molecular weight is 441 g/mol. The molecule has 0 aliphatic carbocycles. The maximum absolute atomic E-state index is 14.5. The molecule has 1 unspecified atom stereocenters. The van der Waals surface area contributed by atoms with Crippen molar-refractivity contribution in [2.45, 2.75) is 32.7 Å². The summed E-state index contributed by atoms with van der Waals surface area (Å²) in [7, 11) is 0. The molecule has 1 atom stereocenters. The molecule has 4 rings (SSSR count). The third kappa shape index (κ3) is 4.73. The molecule has 0 aromatic heterocycles. The predicted molar refractivity (Wildman–Crippen MR) is 128 cm³/mol. The number of nitrogens with zero attached hydrogens (tertiary/aromatic N) is 1. The Morgan fingerprint density at radius 2 is 2.13 bits per heavy atom. The molecule has 0 saturated heterocycles. The van der Waals surface area contributed by atoms with E-state index in [9.17, 15) is 4.39 Å². The van der Waals surface area contributed by atoms with Gasteiger partial charge >= 0.3 is 0 Å². The van der Waals surface area contributed by atoms with Gasteiger partial charge in [0.15, 0.2) is 0 Å². The van der Waals surface area contributed by atoms with Crippen molar-refractivity contribution < 1.29 is 4.39 Å². The van der Waals surface area contributed by atoms with Gasteiger partial charge in [0.1, 0.15) is 5.82 Å². The smallest absolute Gasteiger partial charge is 0.146 e. The number of rotatable bonds is 4. The van der Waals surface area contributed by atoms with E-state index in [0.29, 0.717) is 10.7 Å². The number of nitrogens with one attached hydrogen (secondary N) is 2. The number of halogens is 2. The molecule has 4 N–H and O–H groups in total. The van der Waals surface area contributed by atoms with Gasteiger partial charge in [-0.2, -0.15) is 0 Å². The fraction of sp³-hybridized carbons (Fsp3) is 0.360. The Labute approximate surface area is 189 Å². The number of likely N-dealkylation sites (N-methyl/N-ethyl adjacent to an activating group) is 1. The minimum absolute atomic E-state index is 0.0661. The molecule has 0 radical (unpaired) electrons. The van der Waals surface area contributed by atoms with Crippen molar-refractivity contribution in [1.29, 1.82) is 0 Å². The van der Waals surface area contributed by atoms with E-state index < -0.39 is 0 Å². The number of anilines is 1. The molecule has 2 aromatic rings. The maximum Gasteiger partial charge on any atom is 0.146 e. The normalized spacial score (nSPS) is 20.9. The molecule has 0 saturated carbocycles. The topological polar surface area (TPSA) is 53.3 Å². The summed E-state index contributed by atoms with van der Waals surface area (Å²) in [5, 5.41) is 7.38. The van der Waals surface area contributed by atoms with Gasteiger partial charge in [0.25, 0.3) is 0 Å². The second kappa shape index (κ2) is 9.33. The monoisotopic (exact) mass is 440 g/mol. The first-order valence-corrected chi connectivity index (χ1v) is 11.3. The maximum atomic E-state index is 14.5. The zero-order valence-electron chi connectivity index (χ0n) is 18.1. The molecule has 0 fully saturated rings. The van der Waals surface area contributed by atoms with Crippen LogP contribution < -0.4 is 16.4 Å². The van der Waals surface area contributed by atoms with Crippen LogP contribution in [0, 0.1) is 5.82 Å². The van der Waals surface area contributed by atoms with E-state index in [1.807, 2.05) is 6.92 Å². The van der Waals surface area contributed by atoms with Crippen molar-refractivity contribution in [2.75, 3.05) is 31.5 Å². The third-order valence-corrected chi connectivity index (χ3v) is 6.43. The number of nitrogens with two attached hydrogens (primary N) is 1. The quantitative estimate of drug-likeness (QED) is 0.597. The van der Waals surface area contributed by atoms with Gasteiger partial charge in [0.05, 0.1) is 17.4 Å². The Balaban J connectivity index is 1.75. The summed E-state index contributed by atoms with van der Waals surface area (Å²) in [6.07, 6.45) is 4.15. The lowest BCUT2D eigenvalue weighted by atomic mass is 9.90. The summed E-state index contributed by atoms with van der Waals surface area (Å²) >= 11 is 6.13. The summed E-state index contributed by atoms with van der Waals surface area (Å²) in [5.74, 6) is -0.306. The van der Waals surface area contributed by atoms with Crippen LogP contribution in [-0.2, 0) is 0 Å². The number of hydrogen-bond donors (Lipinski definition) is 3. The Kier molecular flexibility index (Phi) is 6.54. The van der Waals surface area contributed by atoms with Crippen LogP contribution >= 0.6 is 11.6 Å². The molecule has 2 aliphatic heterocycles. The van der Waals surface area contributed by atoms with E-state index in [1.54, 1.807) is 12.1 Å². The lowest BCUT2D eigenvalue weighted by Gasteiger charge is -2.26. The van der Waals surface area contributed by atoms with Crippen LogP contribution in [-0.4, -0.2) is 31.1 Å². The number of fused-ring (bicyclic) bond motifs is 1. The molecule has 2 aliphatic rings. The number of allylic oxidation sites excluding steroid dienone is 1. The van der Waals surface area contributed by atoms with Gasteiger partial charge < -0.3 is 16.4 Å². The predicted octanol–water partition coefficient (Wildman–Crippen LogP) is 5.38. The lowest BCUT2D eigenvalue weighted by molar-refractivity contribution is 0.319. The zero-order valence-corrected chi connectivity index (χ0v) is 18.9. The van der Waals surface area contributed by atoms with Gasteiger partial charge in [-0.05, 0) is 67.3 Å². The second-order valence-electron chi connectivity index (χ2n) is 8.27. The van der Waals surface area contributed by atoms with Crippen LogP contribution in [0.5, 0.6) is 0 Å². The summed E-state index contributed by atoms with van der Waals surface area (Å²) < 4.78 is 14.5. The molecule has 0 spiro atoms. The fourth-order valence-corrected chi connectivity index (χ4v) is 4.60. The zero-order chi connectivity index (χ0) is 22.0. The fourth-order valence-electron chi connectivity index (χ4n) is 4.43. The molecule has 164 valence electrons. The van der Waals surface area contributed by atoms with Crippen LogP contribution in [0.25, 0.3) is 11.3 Å². The van der Waals surface area contributed by atoms with Gasteiger partial charge in [0, 0.05) is 35.9 Å². The van der Waals surface area contributed by atoms with E-state index in [1.165, 1.54) is 17.2 Å². The van der Waals surface area contributed by atoms with Crippen molar-refractivity contribution >= 4 is 28.6 Å². The van der Waals surface area contributed by atoms with E-state index in [0.717, 1.165) is 61.5 Å². The number of benzene rings is 2. The molecular formula is C25H30ClFN4. The Morgan fingerprint density at radius 1 is 1.29 bits per heavy atom. The van der Waals surface area contributed by atoms with Crippen molar-refractivity contribution in [3.63, 3.8) is 0 Å². The van der Waals surface area contributed by atoms with Gasteiger partial charge in [-0.15, -0.1) is 0 Å². The molecule has 4 nitrogen and oxygen atoms in total. The van der Waals surface area contributed by atoms with Gasteiger partial charge in [-0.25, -0.2) is 4.39 Å². The van der Waals surface area contributed by atoms with Crippen molar-refractivity contribution in [2.24, 2.45) is 5.73 Å². The molecule has 6 heteroatoms. The summed E-state index contributed by atoms with van der Waals surface area (Å²) in [5.41, 5.74) is 13.1. The number of hydrogen-bond acceptors (Lipinski definition) is 4. The first kappa shape index (κ1) is 21.7. The summed E-state index contributed by atoms with van der Waals surface area (Å²) in [4.78, 5) is 2.43. The first-order valence-electron chi connectivity index (χ1n) is 10.9. The average Bonchev–Trinajstić information content (AvgIpc) is 2.95. The largest absolute Gasteiger partial charge is 0.401 e. The standard InChI is InChI=1S/C25H30ClFN4/c1-3-31-12-9-17(10-13-31)18-4-6-20-21(14-18)23(8-11-29-25(20)16(2)28)30-24-15-19(26)5-7-22(24)27/h4-7,9,14-15,23,29-30H,3,8,10-13,28H2,1-2H3/b25-16-. The molecule has 2 aromatic carbocycles. The van der Waals surface area contributed by atoms with E-state index >= 15 is 0 Å². The molecule has 31 heavy (non-hydrogen) atoms. The summed E-state index contributed by atoms with van der Waals surface area (Å²) in [6.45, 7) is 7.97. The Hall–Kier alpha value is -2.50. The van der Waals surface area contributed by atoms with E-state index in [2.05, 4.69) is 46.7 Å². The van der Waals surface area contributed by atoms with Crippen molar-refractivity contribution in [3.05, 3.63) is 75.7 Å². The van der Waals surface area contributed by atoms with Crippen LogP contribution in [0.4, 0.5) is 10.1 Å². The van der Waals surface area contributed by atoms with Crippen LogP contribution in [0.15, 0.2) is 48.2 Å². The second-order valence-corrected chi connectivity index (χ2v) is 8.71. The van der Waals surface area contributed by atoms with Gasteiger partial charge in [-0.3, -0.25) is 4.90 Å². The van der Waals surface area contributed by atoms with Crippen LogP contribution in [0.3, 0.4) is 0 Å². The van der Waals surface area contributed by atoms with Gasteiger partial charge in [0.2, 0.25) is 0 Å². The SMILES string of the molecule is CCN1CC=C(c2ccc3c(c2)C(Nc2cc(Cl)ccc2F)CCN/C3=C(/C)N)CC1. The third-order valence-electron chi connectivity index (χ3n) is 6.19. The Bertz CT molecular complexity index is 1030. The minimum Gasteiger partial charge on any atom is -0.401 e. The van der Waals surface area contributed by atoms with Gasteiger partial charge in [-0.1, -0.05) is 36.7 Å². The Morgan fingerprint density at radius 3 is 2.84 bits per heavy atom.